The molecule has 1 fully saturated rings. The number of aliphatic hydroxyl groups excluding tert-OH is 1. The third kappa shape index (κ3) is 9.33. The number of methoxy groups -OCH3 is 2. The van der Waals surface area contributed by atoms with Crippen molar-refractivity contribution in [2.45, 2.75) is 30.5 Å². The first-order valence-electron chi connectivity index (χ1n) is 13.9. The second kappa shape index (κ2) is 16.8. The zero-order valence-corrected chi connectivity index (χ0v) is 26.4. The standard InChI is InChI=1S/C20H18O10.C12H15Cl2NO/c1-27-13-7-3-11(4-8-13)19(25)29-15(17(21)22)16(18(23)24)30-20(26)12-5-9-14(28-2)10-6-12;13-10-2-1-9(7-11(10)14)12(4-6-16)3-5-15-8-12/h3-10,15-16H,1-2H3,(H,21,22)(H,23,24);1-2,7,15-16H,3-6,8H2/t15-,16+;12-/m.1/s1. The molecule has 0 spiro atoms. The zero-order chi connectivity index (χ0) is 33.9. The molecule has 0 bridgehead atoms. The minimum absolute atomic E-state index is 0.0168. The van der Waals surface area contributed by atoms with E-state index in [0.29, 0.717) is 21.5 Å². The van der Waals surface area contributed by atoms with Gasteiger partial charge in [-0.1, -0.05) is 29.3 Å². The molecule has 246 valence electrons. The summed E-state index contributed by atoms with van der Waals surface area (Å²) in [5.74, 6) is -4.94. The maximum absolute atomic E-state index is 12.2. The fourth-order valence-corrected chi connectivity index (χ4v) is 4.99. The second-order valence-electron chi connectivity index (χ2n) is 10.1. The van der Waals surface area contributed by atoms with E-state index in [-0.39, 0.29) is 23.1 Å². The number of hydrogen-bond donors (Lipinski definition) is 4. The van der Waals surface area contributed by atoms with E-state index in [1.54, 1.807) is 0 Å². The maximum Gasteiger partial charge on any atom is 0.349 e. The Labute approximate surface area is 274 Å². The van der Waals surface area contributed by atoms with Crippen molar-refractivity contribution in [1.29, 1.82) is 0 Å². The van der Waals surface area contributed by atoms with Crippen molar-refractivity contribution in [2.75, 3.05) is 33.9 Å². The molecule has 46 heavy (non-hydrogen) atoms. The number of aliphatic carboxylic acids is 2. The first-order chi connectivity index (χ1) is 21.9. The summed E-state index contributed by atoms with van der Waals surface area (Å²) in [5, 5.41) is 32.4. The number of hydrogen-bond acceptors (Lipinski definition) is 10. The number of halogens is 2. The lowest BCUT2D eigenvalue weighted by molar-refractivity contribution is -0.166. The molecule has 0 aliphatic carbocycles. The Balaban J connectivity index is 0.000000300. The lowest BCUT2D eigenvalue weighted by atomic mass is 9.77. The van der Waals surface area contributed by atoms with E-state index < -0.39 is 36.1 Å². The van der Waals surface area contributed by atoms with Gasteiger partial charge in [0, 0.05) is 18.6 Å². The summed E-state index contributed by atoms with van der Waals surface area (Å²) in [6.07, 6.45) is -2.76. The summed E-state index contributed by atoms with van der Waals surface area (Å²) >= 11 is 12.0. The summed E-state index contributed by atoms with van der Waals surface area (Å²) in [5.41, 5.74) is 1.09. The van der Waals surface area contributed by atoms with Gasteiger partial charge in [0.25, 0.3) is 0 Å². The Morgan fingerprint density at radius 3 is 1.61 bits per heavy atom. The summed E-state index contributed by atoms with van der Waals surface area (Å²) in [6, 6.07) is 16.7. The summed E-state index contributed by atoms with van der Waals surface area (Å²) in [4.78, 5) is 47.6. The normalized spacial score (nSPS) is 16.6. The molecule has 4 rings (SSSR count). The highest BCUT2D eigenvalue weighted by atomic mass is 35.5. The van der Waals surface area contributed by atoms with E-state index in [9.17, 15) is 34.5 Å². The Hall–Kier alpha value is -4.36. The number of carboxylic acids is 2. The van der Waals surface area contributed by atoms with Crippen LogP contribution in [0.15, 0.2) is 66.7 Å². The number of esters is 2. The van der Waals surface area contributed by atoms with Crippen LogP contribution in [0.2, 0.25) is 10.0 Å². The number of benzene rings is 3. The first-order valence-corrected chi connectivity index (χ1v) is 14.6. The van der Waals surface area contributed by atoms with Crippen molar-refractivity contribution in [3.63, 3.8) is 0 Å². The molecule has 1 aliphatic heterocycles. The molecule has 3 aromatic carbocycles. The van der Waals surface area contributed by atoms with Gasteiger partial charge in [0.2, 0.25) is 12.2 Å². The molecule has 14 heteroatoms. The Morgan fingerprint density at radius 2 is 1.26 bits per heavy atom. The van der Waals surface area contributed by atoms with Crippen LogP contribution in [0.5, 0.6) is 11.5 Å². The van der Waals surface area contributed by atoms with Gasteiger partial charge in [0.15, 0.2) is 0 Å². The fraction of sp³-hybridized carbons (Fsp3) is 0.312. The quantitative estimate of drug-likeness (QED) is 0.201. The van der Waals surface area contributed by atoms with Crippen molar-refractivity contribution < 1.29 is 53.4 Å². The largest absolute Gasteiger partial charge is 0.497 e. The van der Waals surface area contributed by atoms with Gasteiger partial charge in [-0.05, 0) is 85.6 Å². The highest BCUT2D eigenvalue weighted by molar-refractivity contribution is 6.42. The van der Waals surface area contributed by atoms with E-state index in [0.717, 1.165) is 25.9 Å². The SMILES string of the molecule is COc1ccc(C(=O)O[C@H](C(=O)O)[C@@H](OC(=O)c2ccc(OC)cc2)C(=O)O)cc1.OCC[C@]1(c2ccc(Cl)c(Cl)c2)CCNC1. The Kier molecular flexibility index (Phi) is 13.2. The number of ether oxygens (including phenoxy) is 4. The molecule has 0 amide bonds. The Morgan fingerprint density at radius 1 is 0.783 bits per heavy atom. The van der Waals surface area contributed by atoms with E-state index >= 15 is 0 Å². The molecule has 1 aliphatic rings. The number of aliphatic hydroxyl groups is 1. The predicted octanol–water partition coefficient (Wildman–Crippen LogP) is 4.23. The van der Waals surface area contributed by atoms with Gasteiger partial charge in [-0.25, -0.2) is 19.2 Å². The van der Waals surface area contributed by atoms with Gasteiger partial charge in [-0.2, -0.15) is 0 Å². The molecule has 0 radical (unpaired) electrons. The molecule has 12 nitrogen and oxygen atoms in total. The lowest BCUT2D eigenvalue weighted by Gasteiger charge is -2.28. The van der Waals surface area contributed by atoms with Crippen LogP contribution in [0, 0.1) is 0 Å². The molecule has 1 heterocycles. The van der Waals surface area contributed by atoms with Crippen molar-refractivity contribution in [3.8, 4) is 11.5 Å². The maximum atomic E-state index is 12.2. The number of nitrogens with one attached hydrogen (secondary N) is 1. The van der Waals surface area contributed by atoms with Crippen molar-refractivity contribution in [3.05, 3.63) is 93.5 Å². The second-order valence-corrected chi connectivity index (χ2v) is 10.9. The molecular weight excluding hydrogens is 645 g/mol. The van der Waals surface area contributed by atoms with Gasteiger partial charge in [0.1, 0.15) is 11.5 Å². The van der Waals surface area contributed by atoms with Crippen LogP contribution >= 0.6 is 23.2 Å². The van der Waals surface area contributed by atoms with Crippen LogP contribution < -0.4 is 14.8 Å². The molecule has 3 atom stereocenters. The summed E-state index contributed by atoms with van der Waals surface area (Å²) in [7, 11) is 2.84. The van der Waals surface area contributed by atoms with Crippen LogP contribution in [0.1, 0.15) is 39.1 Å². The van der Waals surface area contributed by atoms with Crippen LogP contribution in [-0.4, -0.2) is 85.3 Å². The molecular formula is C32H33Cl2NO11. The third-order valence-corrected chi connectivity index (χ3v) is 7.99. The number of rotatable bonds is 12. The van der Waals surface area contributed by atoms with E-state index in [4.69, 9.17) is 42.1 Å². The van der Waals surface area contributed by atoms with Crippen LogP contribution in [0.3, 0.4) is 0 Å². The van der Waals surface area contributed by atoms with Crippen LogP contribution in [-0.2, 0) is 24.5 Å². The average molecular weight is 679 g/mol. The zero-order valence-electron chi connectivity index (χ0n) is 24.9. The minimum atomic E-state index is -2.28. The van der Waals surface area contributed by atoms with Crippen LogP contribution in [0.25, 0.3) is 0 Å². The van der Waals surface area contributed by atoms with Gasteiger partial charge in [-0.3, -0.25) is 0 Å². The van der Waals surface area contributed by atoms with Crippen molar-refractivity contribution in [2.24, 2.45) is 0 Å². The topological polar surface area (TPSA) is 178 Å². The monoisotopic (exact) mass is 677 g/mol. The smallest absolute Gasteiger partial charge is 0.349 e. The van der Waals surface area contributed by atoms with E-state index in [2.05, 4.69) is 5.32 Å². The lowest BCUT2D eigenvalue weighted by Crippen LogP contribution is -2.45. The Bertz CT molecular complexity index is 1430. The molecule has 0 unspecified atom stereocenters. The van der Waals surface area contributed by atoms with Gasteiger partial charge in [-0.15, -0.1) is 0 Å². The molecule has 3 aromatic rings. The highest BCUT2D eigenvalue weighted by Gasteiger charge is 2.41. The molecule has 4 N–H and O–H groups in total. The van der Waals surface area contributed by atoms with Gasteiger partial charge in [0.05, 0.1) is 35.4 Å². The van der Waals surface area contributed by atoms with E-state index in [1.807, 2.05) is 18.2 Å². The highest BCUT2D eigenvalue weighted by Crippen LogP contribution is 2.37. The fourth-order valence-electron chi connectivity index (χ4n) is 4.69. The molecule has 0 aromatic heterocycles. The number of carbonyl (C=O) groups is 4. The summed E-state index contributed by atoms with van der Waals surface area (Å²) < 4.78 is 19.5. The van der Waals surface area contributed by atoms with Crippen molar-refractivity contribution >= 4 is 47.1 Å². The molecule has 1 saturated heterocycles. The minimum Gasteiger partial charge on any atom is -0.497 e. The van der Waals surface area contributed by atoms with Crippen molar-refractivity contribution in [1.82, 2.24) is 5.32 Å². The number of carboxylic acid groups (broad SMARTS) is 2. The number of carbonyl (C=O) groups excluding carboxylic acids is 2. The summed E-state index contributed by atoms with van der Waals surface area (Å²) in [6.45, 7) is 2.08. The van der Waals surface area contributed by atoms with Crippen LogP contribution in [0.4, 0.5) is 0 Å². The van der Waals surface area contributed by atoms with E-state index in [1.165, 1.54) is 68.3 Å². The predicted molar refractivity (Wildman–Crippen MR) is 167 cm³/mol. The van der Waals surface area contributed by atoms with Gasteiger partial charge < -0.3 is 39.6 Å². The third-order valence-electron chi connectivity index (χ3n) is 7.25. The first kappa shape index (κ1) is 36.1. The van der Waals surface area contributed by atoms with Gasteiger partial charge >= 0.3 is 23.9 Å². The average Bonchev–Trinajstić information content (AvgIpc) is 3.53. The molecule has 0 saturated carbocycles.